The molecular weight excluding hydrogens is 308 g/mol. The van der Waals surface area contributed by atoms with E-state index in [4.69, 9.17) is 4.42 Å². The lowest BCUT2D eigenvalue weighted by Crippen LogP contribution is -2.37. The average molecular weight is 326 g/mol. The molecule has 24 heavy (non-hydrogen) atoms. The second kappa shape index (κ2) is 6.99. The number of aryl methyl sites for hydroxylation is 1. The van der Waals surface area contributed by atoms with Gasteiger partial charge in [-0.2, -0.15) is 5.10 Å². The Morgan fingerprint density at radius 2 is 2.08 bits per heavy atom. The average Bonchev–Trinajstić information content (AvgIpc) is 3.18. The van der Waals surface area contributed by atoms with Crippen molar-refractivity contribution >= 4 is 17.3 Å². The molecule has 0 unspecified atom stereocenters. The highest BCUT2D eigenvalue weighted by Gasteiger charge is 2.12. The van der Waals surface area contributed by atoms with E-state index in [1.807, 2.05) is 37.3 Å². The zero-order valence-electron chi connectivity index (χ0n) is 13.3. The summed E-state index contributed by atoms with van der Waals surface area (Å²) in [6.45, 7) is 2.23. The number of nitrogens with one attached hydrogen (secondary N) is 2. The van der Waals surface area contributed by atoms with Crippen molar-refractivity contribution in [2.45, 2.75) is 13.3 Å². The van der Waals surface area contributed by atoms with Crippen LogP contribution in [0.4, 0.5) is 0 Å². The van der Waals surface area contributed by atoms with Crippen molar-refractivity contribution in [2.24, 2.45) is 0 Å². The number of carbonyl (C=O) groups excluding carboxylic acids is 2. The Labute approximate surface area is 138 Å². The SMILES string of the molecule is Cc1ccc(CCNC(=O)CNC(=O)c2cc3ccccn3n2)o1. The standard InChI is InChI=1S/C17H18N4O3/c1-12-5-6-14(24-12)7-8-18-16(22)11-19-17(23)15-10-13-4-2-3-9-21(13)20-15/h2-6,9-10H,7-8,11H2,1H3,(H,18,22)(H,19,23). The number of rotatable bonds is 6. The monoisotopic (exact) mass is 326 g/mol. The number of aromatic nitrogens is 2. The fraction of sp³-hybridized carbons (Fsp3) is 0.235. The Hall–Kier alpha value is -3.09. The van der Waals surface area contributed by atoms with E-state index in [1.54, 1.807) is 16.8 Å². The molecular formula is C17H18N4O3. The van der Waals surface area contributed by atoms with Crippen molar-refractivity contribution in [3.8, 4) is 0 Å². The zero-order chi connectivity index (χ0) is 16.9. The van der Waals surface area contributed by atoms with Crippen LogP contribution in [-0.4, -0.2) is 34.5 Å². The molecule has 0 spiro atoms. The summed E-state index contributed by atoms with van der Waals surface area (Å²) in [5, 5.41) is 9.45. The maximum absolute atomic E-state index is 12.0. The van der Waals surface area contributed by atoms with Gasteiger partial charge in [0.25, 0.3) is 5.91 Å². The Bertz CT molecular complexity index is 832. The van der Waals surface area contributed by atoms with Gasteiger partial charge < -0.3 is 15.1 Å². The quantitative estimate of drug-likeness (QED) is 0.715. The molecule has 3 rings (SSSR count). The van der Waals surface area contributed by atoms with Gasteiger partial charge in [-0.15, -0.1) is 0 Å². The molecule has 0 aliphatic heterocycles. The van der Waals surface area contributed by atoms with Crippen molar-refractivity contribution in [3.63, 3.8) is 0 Å². The van der Waals surface area contributed by atoms with Gasteiger partial charge in [-0.05, 0) is 37.3 Å². The maximum Gasteiger partial charge on any atom is 0.272 e. The molecule has 0 aliphatic rings. The minimum absolute atomic E-state index is 0.0934. The first-order valence-corrected chi connectivity index (χ1v) is 7.66. The highest BCUT2D eigenvalue weighted by Crippen LogP contribution is 2.06. The molecule has 0 saturated carbocycles. The first-order chi connectivity index (χ1) is 11.6. The van der Waals surface area contributed by atoms with E-state index < -0.39 is 0 Å². The van der Waals surface area contributed by atoms with Crippen LogP contribution >= 0.6 is 0 Å². The molecule has 0 saturated heterocycles. The summed E-state index contributed by atoms with van der Waals surface area (Å²) in [5.41, 5.74) is 1.10. The number of amides is 2. The van der Waals surface area contributed by atoms with Crippen LogP contribution < -0.4 is 10.6 Å². The molecule has 3 aromatic rings. The molecule has 0 bridgehead atoms. The van der Waals surface area contributed by atoms with Crippen LogP contribution in [0.15, 0.2) is 47.0 Å². The molecule has 0 aromatic carbocycles. The zero-order valence-corrected chi connectivity index (χ0v) is 13.3. The summed E-state index contributed by atoms with van der Waals surface area (Å²) in [4.78, 5) is 23.8. The lowest BCUT2D eigenvalue weighted by Gasteiger charge is -2.05. The number of hydrogen-bond acceptors (Lipinski definition) is 4. The van der Waals surface area contributed by atoms with E-state index in [9.17, 15) is 9.59 Å². The fourth-order valence-electron chi connectivity index (χ4n) is 2.31. The second-order valence-electron chi connectivity index (χ2n) is 5.39. The first-order valence-electron chi connectivity index (χ1n) is 7.66. The summed E-state index contributed by atoms with van der Waals surface area (Å²) in [7, 11) is 0. The highest BCUT2D eigenvalue weighted by atomic mass is 16.3. The number of nitrogens with zero attached hydrogens (tertiary/aromatic N) is 2. The predicted molar refractivity (Wildman–Crippen MR) is 87.7 cm³/mol. The molecule has 0 aliphatic carbocycles. The third-order valence-corrected chi connectivity index (χ3v) is 3.50. The second-order valence-corrected chi connectivity index (χ2v) is 5.39. The van der Waals surface area contributed by atoms with E-state index in [1.165, 1.54) is 0 Å². The van der Waals surface area contributed by atoms with Gasteiger partial charge >= 0.3 is 0 Å². The van der Waals surface area contributed by atoms with Crippen molar-refractivity contribution in [3.05, 3.63) is 59.8 Å². The maximum atomic E-state index is 12.0. The summed E-state index contributed by atoms with van der Waals surface area (Å²) >= 11 is 0. The molecule has 7 nitrogen and oxygen atoms in total. The number of fused-ring (bicyclic) bond motifs is 1. The Morgan fingerprint density at radius 1 is 1.21 bits per heavy atom. The van der Waals surface area contributed by atoms with Crippen molar-refractivity contribution < 1.29 is 14.0 Å². The van der Waals surface area contributed by atoms with E-state index >= 15 is 0 Å². The third-order valence-electron chi connectivity index (χ3n) is 3.50. The van der Waals surface area contributed by atoms with E-state index in [0.717, 1.165) is 17.0 Å². The summed E-state index contributed by atoms with van der Waals surface area (Å²) in [6.07, 6.45) is 2.37. The normalized spacial score (nSPS) is 10.7. The lowest BCUT2D eigenvalue weighted by molar-refractivity contribution is -0.120. The van der Waals surface area contributed by atoms with Crippen LogP contribution in [0, 0.1) is 6.92 Å². The molecule has 3 heterocycles. The van der Waals surface area contributed by atoms with Crippen LogP contribution in [0.2, 0.25) is 0 Å². The number of hydrogen-bond donors (Lipinski definition) is 2. The molecule has 2 N–H and O–H groups in total. The number of pyridine rings is 1. The number of furan rings is 1. The van der Waals surface area contributed by atoms with E-state index in [2.05, 4.69) is 15.7 Å². The lowest BCUT2D eigenvalue weighted by atomic mass is 10.3. The predicted octanol–water partition coefficient (Wildman–Crippen LogP) is 1.32. The smallest absolute Gasteiger partial charge is 0.272 e. The summed E-state index contributed by atoms with van der Waals surface area (Å²) in [5.74, 6) is 1.03. The highest BCUT2D eigenvalue weighted by molar-refractivity contribution is 5.95. The van der Waals surface area contributed by atoms with E-state index in [0.29, 0.717) is 13.0 Å². The Balaban J connectivity index is 1.44. The van der Waals surface area contributed by atoms with Gasteiger partial charge in [0, 0.05) is 19.2 Å². The molecule has 3 aromatic heterocycles. The first kappa shape index (κ1) is 15.8. The van der Waals surface area contributed by atoms with Gasteiger partial charge in [0.05, 0.1) is 12.1 Å². The summed E-state index contributed by atoms with van der Waals surface area (Å²) < 4.78 is 7.03. The van der Waals surface area contributed by atoms with E-state index in [-0.39, 0.29) is 24.1 Å². The topological polar surface area (TPSA) is 88.6 Å². The third kappa shape index (κ3) is 3.81. The Kier molecular flexibility index (Phi) is 4.60. The number of carbonyl (C=O) groups is 2. The van der Waals surface area contributed by atoms with Gasteiger partial charge in [0.15, 0.2) is 5.69 Å². The molecule has 0 atom stereocenters. The molecule has 0 fully saturated rings. The molecule has 2 amide bonds. The van der Waals surface area contributed by atoms with Crippen molar-refractivity contribution in [1.82, 2.24) is 20.2 Å². The van der Waals surface area contributed by atoms with Crippen molar-refractivity contribution in [1.29, 1.82) is 0 Å². The van der Waals surface area contributed by atoms with Crippen LogP contribution in [0.3, 0.4) is 0 Å². The summed E-state index contributed by atoms with van der Waals surface area (Å²) in [6, 6.07) is 11.0. The van der Waals surface area contributed by atoms with Gasteiger partial charge in [0.1, 0.15) is 11.5 Å². The van der Waals surface area contributed by atoms with Gasteiger partial charge in [-0.25, -0.2) is 4.52 Å². The van der Waals surface area contributed by atoms with Crippen LogP contribution in [0.1, 0.15) is 22.0 Å². The minimum atomic E-state index is -0.379. The molecule has 7 heteroatoms. The molecule has 0 radical (unpaired) electrons. The largest absolute Gasteiger partial charge is 0.466 e. The van der Waals surface area contributed by atoms with Gasteiger partial charge in [-0.3, -0.25) is 9.59 Å². The van der Waals surface area contributed by atoms with Crippen molar-refractivity contribution in [2.75, 3.05) is 13.1 Å². The minimum Gasteiger partial charge on any atom is -0.466 e. The van der Waals surface area contributed by atoms with Crippen LogP contribution in [0.5, 0.6) is 0 Å². The molecule has 124 valence electrons. The van der Waals surface area contributed by atoms with Crippen LogP contribution in [-0.2, 0) is 11.2 Å². The Morgan fingerprint density at radius 3 is 2.83 bits per heavy atom. The van der Waals surface area contributed by atoms with Gasteiger partial charge in [0.2, 0.25) is 5.91 Å². The van der Waals surface area contributed by atoms with Gasteiger partial charge in [-0.1, -0.05) is 6.07 Å². The fourth-order valence-corrected chi connectivity index (χ4v) is 2.31. The van der Waals surface area contributed by atoms with Crippen LogP contribution in [0.25, 0.3) is 5.52 Å².